The minimum Gasteiger partial charge on any atom is -0.456 e. The van der Waals surface area contributed by atoms with Gasteiger partial charge in [-0.05, 0) is 204 Å². The molecule has 0 amide bonds. The van der Waals surface area contributed by atoms with E-state index in [2.05, 4.69) is 331 Å². The molecule has 2 aliphatic carbocycles. The van der Waals surface area contributed by atoms with Crippen LogP contribution >= 0.6 is 0 Å². The molecule has 8 heterocycles. The maximum atomic E-state index is 6.67. The molecule has 0 unspecified atom stereocenters. The van der Waals surface area contributed by atoms with Crippen LogP contribution in [0.25, 0.3) is 212 Å². The van der Waals surface area contributed by atoms with Gasteiger partial charge in [0, 0.05) is 82.3 Å². The summed E-state index contributed by atoms with van der Waals surface area (Å²) in [6.07, 6.45) is 0. The fraction of sp³-hybridized carbons (Fsp3) is 0.0149. The van der Waals surface area contributed by atoms with E-state index in [1.165, 1.54) is 66.8 Å². The smallest absolute Gasteiger partial charge is 0.164 e. The molecular formula is C134H80N8O4. The molecule has 0 saturated heterocycles. The first-order valence-electron chi connectivity index (χ1n) is 49.4. The Kier molecular flexibility index (Phi) is 18.3. The topological polar surface area (TPSA) is 136 Å². The Labute approximate surface area is 838 Å². The zero-order valence-electron chi connectivity index (χ0n) is 78.4. The van der Waals surface area contributed by atoms with E-state index >= 15 is 0 Å². The quantitative estimate of drug-likeness (QED) is 0.122. The van der Waals surface area contributed by atoms with Gasteiger partial charge in [-0.2, -0.15) is 0 Å². The first kappa shape index (κ1) is 82.3. The van der Waals surface area contributed by atoms with Crippen molar-refractivity contribution in [2.75, 3.05) is 9.80 Å². The van der Waals surface area contributed by atoms with Crippen molar-refractivity contribution in [3.8, 4) is 124 Å². The summed E-state index contributed by atoms with van der Waals surface area (Å²) in [7, 11) is 0. The van der Waals surface area contributed by atoms with Gasteiger partial charge in [-0.1, -0.05) is 376 Å². The number of fused-ring (bicyclic) bond motifs is 30. The lowest BCUT2D eigenvalue weighted by Crippen LogP contribution is -2.36. The molecule has 146 heavy (non-hydrogen) atoms. The van der Waals surface area contributed by atoms with Gasteiger partial charge in [0.2, 0.25) is 0 Å². The van der Waals surface area contributed by atoms with Crippen molar-refractivity contribution in [1.29, 1.82) is 0 Å². The van der Waals surface area contributed by atoms with Crippen molar-refractivity contribution >= 4 is 122 Å². The number of rotatable bonds is 11. The normalized spacial score (nSPS) is 13.2. The molecule has 12 heteroatoms. The van der Waals surface area contributed by atoms with E-state index in [1.54, 1.807) is 0 Å². The maximum Gasteiger partial charge on any atom is 0.164 e. The highest BCUT2D eigenvalue weighted by atomic mass is 16.3. The largest absolute Gasteiger partial charge is 0.456 e. The standard InChI is InChI=1S/C70H42N4O2.C64H38N4O2/c1-3-17-44(18-4-1)67-71-68(45-19-5-2-6-20-45)73-69(72-67)54-26-16-32-64-65(54)55-41-46(36-40-63(55)75-64)47-35-39-61-59(42-47)70(56-27-10-7-21-50(56)51-22-8-11-28-57(51)70)58-29-12-13-30-60(58)74(61)48-37-33-43(34-38-48)49-24-15-25-53-52-23-9-14-31-62(52)76-66(49)53;1-3-17-39(18-4-1)61-65-62(40-19-5-2-6-20-40)67-63(66-61)46-24-15-31-57-59(46)47-37-41(34-36-56(47)70-57)42-33-35-53-51(38-42)64(48-25-10-7-21-43(48)44-22-8-11-26-49(44)64)50-27-12-13-28-52(50)68(53)54-29-16-32-58-60(54)45-23-9-14-30-55(45)69-58/h1-42H;1-38H. The number of hydrogen-bond acceptors (Lipinski definition) is 12. The minimum atomic E-state index is -0.622. The lowest BCUT2D eigenvalue weighted by atomic mass is 9.64. The van der Waals surface area contributed by atoms with Gasteiger partial charge in [-0.25, -0.2) is 29.9 Å². The highest BCUT2D eigenvalue weighted by molar-refractivity contribution is 6.18. The molecule has 0 atom stereocenters. The van der Waals surface area contributed by atoms with Crippen LogP contribution in [-0.2, 0) is 10.8 Å². The van der Waals surface area contributed by atoms with Gasteiger partial charge < -0.3 is 27.5 Å². The van der Waals surface area contributed by atoms with Crippen LogP contribution in [0.3, 0.4) is 0 Å². The second-order valence-electron chi connectivity index (χ2n) is 38.0. The molecule has 2 spiro atoms. The lowest BCUT2D eigenvalue weighted by molar-refractivity contribution is 0.668. The summed E-state index contributed by atoms with van der Waals surface area (Å²) in [5, 5.41) is 8.30. The maximum absolute atomic E-state index is 6.67. The van der Waals surface area contributed by atoms with Crippen molar-refractivity contribution in [2.45, 2.75) is 10.8 Å². The summed E-state index contributed by atoms with van der Waals surface area (Å²) in [5.74, 6) is 3.61. The second-order valence-corrected chi connectivity index (χ2v) is 38.0. The van der Waals surface area contributed by atoms with Crippen LogP contribution in [0.2, 0.25) is 0 Å². The molecule has 21 aromatic carbocycles. The van der Waals surface area contributed by atoms with Crippen LogP contribution in [-0.4, -0.2) is 29.9 Å². The van der Waals surface area contributed by atoms with Gasteiger partial charge in [0.15, 0.2) is 34.9 Å². The number of para-hydroxylation sites is 5. The summed E-state index contributed by atoms with van der Waals surface area (Å²) in [6.45, 7) is 0. The van der Waals surface area contributed by atoms with Crippen molar-refractivity contribution < 1.29 is 17.7 Å². The number of benzene rings is 21. The van der Waals surface area contributed by atoms with Crippen molar-refractivity contribution in [3.63, 3.8) is 0 Å². The van der Waals surface area contributed by atoms with Crippen LogP contribution in [0.5, 0.6) is 0 Å². The van der Waals surface area contributed by atoms with Gasteiger partial charge in [0.1, 0.15) is 44.7 Å². The molecule has 12 nitrogen and oxygen atoms in total. The zero-order valence-corrected chi connectivity index (χ0v) is 78.4. The number of aromatic nitrogens is 6. The third-order valence-electron chi connectivity index (χ3n) is 30.3. The van der Waals surface area contributed by atoms with E-state index in [1.807, 2.05) is 164 Å². The Hall–Kier alpha value is -19.6. The number of nitrogens with zero attached hydrogens (tertiary/aromatic N) is 8. The third-order valence-corrected chi connectivity index (χ3v) is 30.3. The number of hydrogen-bond donors (Lipinski definition) is 0. The molecule has 4 aliphatic rings. The van der Waals surface area contributed by atoms with E-state index in [4.69, 9.17) is 47.6 Å². The predicted octanol–water partition coefficient (Wildman–Crippen LogP) is 34.6. The second kappa shape index (κ2) is 32.5. The summed E-state index contributed by atoms with van der Waals surface area (Å²) in [6, 6.07) is 172. The first-order valence-corrected chi connectivity index (χ1v) is 49.4. The Balaban J connectivity index is 0.000000136. The SMILES string of the molecule is c1ccc(-c2nc(-c3ccccc3)nc(-c3cccc4oc5ccc(-c6ccc7c(c6)C6(c8ccccc8-c8ccccc86)c6ccccc6N7c6ccc(-c7cccc8c7oc7ccccc78)cc6)cc5c34)n2)cc1.c1ccc(-c2nc(-c3ccccc3)nc(-c3cccc4oc5ccc(-c6ccc7c(c6)C6(c8ccccc8-c8ccccc86)c6ccccc6N7c6cccc7oc8ccccc8c67)cc5c34)n2)cc1. The molecule has 0 bridgehead atoms. The average Bonchev–Trinajstić information content (AvgIpc) is 1.48. The highest BCUT2D eigenvalue weighted by Gasteiger charge is 2.54. The molecule has 2 aliphatic heterocycles. The van der Waals surface area contributed by atoms with E-state index in [0.717, 1.165) is 189 Å². The van der Waals surface area contributed by atoms with Crippen LogP contribution in [0, 0.1) is 0 Å². The van der Waals surface area contributed by atoms with Gasteiger partial charge in [-0.15, -0.1) is 0 Å². The monoisotopic (exact) mass is 1860 g/mol. The molecule has 6 aromatic heterocycles. The van der Waals surface area contributed by atoms with Crippen LogP contribution in [0.4, 0.5) is 34.1 Å². The fourth-order valence-electron chi connectivity index (χ4n) is 24.1. The van der Waals surface area contributed by atoms with E-state index in [-0.39, 0.29) is 0 Å². The first-order chi connectivity index (χ1) is 72.4. The van der Waals surface area contributed by atoms with Gasteiger partial charge in [0.05, 0.1) is 44.7 Å². The Morgan fingerprint density at radius 2 is 0.459 bits per heavy atom. The van der Waals surface area contributed by atoms with Crippen molar-refractivity contribution in [3.05, 3.63) is 530 Å². The third kappa shape index (κ3) is 12.4. The molecule has 0 N–H and O–H groups in total. The fourth-order valence-corrected chi connectivity index (χ4v) is 24.1. The summed E-state index contributed by atoms with van der Waals surface area (Å²) < 4.78 is 26.4. The molecule has 680 valence electrons. The van der Waals surface area contributed by atoms with Crippen LogP contribution < -0.4 is 9.80 Å². The Bertz CT molecular complexity index is 9860. The van der Waals surface area contributed by atoms with E-state index in [9.17, 15) is 0 Å². The van der Waals surface area contributed by atoms with Crippen molar-refractivity contribution in [2.24, 2.45) is 0 Å². The highest BCUT2D eigenvalue weighted by Crippen LogP contribution is 2.67. The molecular weight excluding hydrogens is 1790 g/mol. The molecule has 0 saturated carbocycles. The van der Waals surface area contributed by atoms with Crippen molar-refractivity contribution in [1.82, 2.24) is 29.9 Å². The molecule has 0 fully saturated rings. The van der Waals surface area contributed by atoms with Gasteiger partial charge in [0.25, 0.3) is 0 Å². The lowest BCUT2D eigenvalue weighted by Gasteiger charge is -2.45. The van der Waals surface area contributed by atoms with Crippen LogP contribution in [0.1, 0.15) is 44.5 Å². The number of furan rings is 4. The Morgan fingerprint density at radius 1 is 0.158 bits per heavy atom. The zero-order chi connectivity index (χ0) is 95.8. The number of anilines is 6. The van der Waals surface area contributed by atoms with Gasteiger partial charge >= 0.3 is 0 Å². The van der Waals surface area contributed by atoms with Crippen LogP contribution in [0.15, 0.2) is 503 Å². The minimum absolute atomic E-state index is 0.582. The summed E-state index contributed by atoms with van der Waals surface area (Å²) in [4.78, 5) is 35.5. The summed E-state index contributed by atoms with van der Waals surface area (Å²) in [5.41, 5.74) is 39.0. The Morgan fingerprint density at radius 3 is 0.925 bits per heavy atom. The average molecular weight is 1870 g/mol. The van der Waals surface area contributed by atoms with E-state index in [0.29, 0.717) is 34.9 Å². The van der Waals surface area contributed by atoms with E-state index < -0.39 is 10.8 Å². The molecule has 31 rings (SSSR count). The molecule has 27 aromatic rings. The predicted molar refractivity (Wildman–Crippen MR) is 589 cm³/mol. The van der Waals surface area contributed by atoms with Gasteiger partial charge in [-0.3, -0.25) is 0 Å². The molecule has 0 radical (unpaired) electrons. The summed E-state index contributed by atoms with van der Waals surface area (Å²) >= 11 is 0.